The van der Waals surface area contributed by atoms with Crippen LogP contribution in [-0.2, 0) is 26.2 Å². The van der Waals surface area contributed by atoms with E-state index in [0.717, 1.165) is 4.31 Å². The Morgan fingerprint density at radius 3 is 2.17 bits per heavy atom. The summed E-state index contributed by atoms with van der Waals surface area (Å²) in [5, 5.41) is 3.94. The van der Waals surface area contributed by atoms with Crippen LogP contribution >= 0.6 is 34.8 Å². The maximum atomic E-state index is 14.0. The van der Waals surface area contributed by atoms with Crippen molar-refractivity contribution in [2.24, 2.45) is 0 Å². The summed E-state index contributed by atoms with van der Waals surface area (Å²) in [7, 11) is -4.19. The van der Waals surface area contributed by atoms with Gasteiger partial charge in [0.2, 0.25) is 11.8 Å². The Labute approximate surface area is 251 Å². The second-order valence-electron chi connectivity index (χ2n) is 9.52. The number of para-hydroxylation sites is 1. The van der Waals surface area contributed by atoms with Crippen LogP contribution in [0.2, 0.25) is 15.1 Å². The highest BCUT2D eigenvalue weighted by atomic mass is 35.5. The molecular weight excluding hydrogens is 593 g/mol. The van der Waals surface area contributed by atoms with Gasteiger partial charge < -0.3 is 10.2 Å². The number of halogens is 3. The topological polar surface area (TPSA) is 86.8 Å². The van der Waals surface area contributed by atoms with Crippen molar-refractivity contribution in [1.82, 2.24) is 10.2 Å². The first-order chi connectivity index (χ1) is 18.8. The van der Waals surface area contributed by atoms with Crippen molar-refractivity contribution in [3.63, 3.8) is 0 Å². The lowest BCUT2D eigenvalue weighted by Gasteiger charge is -2.33. The summed E-state index contributed by atoms with van der Waals surface area (Å²) in [6, 6.07) is 16.5. The van der Waals surface area contributed by atoms with Gasteiger partial charge in [-0.2, -0.15) is 0 Å². The molecule has 0 radical (unpaired) electrons. The Morgan fingerprint density at radius 2 is 1.57 bits per heavy atom. The zero-order valence-corrected chi connectivity index (χ0v) is 25.8. The maximum Gasteiger partial charge on any atom is 0.264 e. The van der Waals surface area contributed by atoms with Gasteiger partial charge in [-0.1, -0.05) is 66.0 Å². The van der Waals surface area contributed by atoms with E-state index in [4.69, 9.17) is 34.8 Å². The Morgan fingerprint density at radius 1 is 0.925 bits per heavy atom. The molecule has 1 N–H and O–H groups in total. The Kier molecular flexibility index (Phi) is 10.9. The minimum absolute atomic E-state index is 0.00736. The fourth-order valence-electron chi connectivity index (χ4n) is 3.97. The largest absolute Gasteiger partial charge is 0.352 e. The molecule has 0 aromatic heterocycles. The molecule has 7 nitrogen and oxygen atoms in total. The summed E-state index contributed by atoms with van der Waals surface area (Å²) in [5.74, 6) is -0.926. The van der Waals surface area contributed by atoms with Crippen LogP contribution in [0.25, 0.3) is 0 Å². The van der Waals surface area contributed by atoms with Gasteiger partial charge in [0.05, 0.1) is 20.6 Å². The van der Waals surface area contributed by atoms with Crippen LogP contribution < -0.4 is 9.62 Å². The van der Waals surface area contributed by atoms with Crippen LogP contribution in [0.3, 0.4) is 0 Å². The minimum atomic E-state index is -4.19. The Hall–Kier alpha value is -2.78. The minimum Gasteiger partial charge on any atom is -0.352 e. The van der Waals surface area contributed by atoms with E-state index in [-0.39, 0.29) is 23.4 Å². The lowest BCUT2D eigenvalue weighted by molar-refractivity contribution is -0.139. The van der Waals surface area contributed by atoms with E-state index in [1.807, 2.05) is 13.8 Å². The number of hydrogen-bond donors (Lipinski definition) is 1. The Balaban J connectivity index is 2.05. The quantitative estimate of drug-likeness (QED) is 0.265. The molecule has 0 heterocycles. The molecule has 2 atom stereocenters. The molecule has 2 amide bonds. The normalized spacial score (nSPS) is 12.9. The van der Waals surface area contributed by atoms with Crippen LogP contribution in [0, 0.1) is 6.92 Å². The summed E-state index contributed by atoms with van der Waals surface area (Å²) in [6.45, 7) is 6.65. The molecule has 40 heavy (non-hydrogen) atoms. The highest BCUT2D eigenvalue weighted by Gasteiger charge is 2.33. The lowest BCUT2D eigenvalue weighted by atomic mass is 10.1. The molecule has 0 unspecified atom stereocenters. The van der Waals surface area contributed by atoms with Crippen molar-refractivity contribution >= 4 is 62.3 Å². The summed E-state index contributed by atoms with van der Waals surface area (Å²) in [5.41, 5.74) is 1.64. The smallest absolute Gasteiger partial charge is 0.264 e. The molecule has 0 spiro atoms. The van der Waals surface area contributed by atoms with Crippen LogP contribution in [0.15, 0.2) is 71.6 Å². The second kappa shape index (κ2) is 13.7. The van der Waals surface area contributed by atoms with Crippen LogP contribution in [-0.4, -0.2) is 43.8 Å². The molecule has 11 heteroatoms. The number of rotatable bonds is 11. The third-order valence-corrected chi connectivity index (χ3v) is 9.33. The third-order valence-electron chi connectivity index (χ3n) is 6.57. The number of amides is 2. The number of sulfonamides is 1. The number of benzene rings is 3. The van der Waals surface area contributed by atoms with E-state index >= 15 is 0 Å². The molecule has 3 rings (SSSR count). The number of nitrogens with one attached hydrogen (secondary N) is 1. The molecule has 0 aliphatic heterocycles. The van der Waals surface area contributed by atoms with Gasteiger partial charge in [0.1, 0.15) is 12.6 Å². The van der Waals surface area contributed by atoms with Crippen molar-refractivity contribution < 1.29 is 18.0 Å². The van der Waals surface area contributed by atoms with Gasteiger partial charge in [-0.3, -0.25) is 13.9 Å². The lowest BCUT2D eigenvalue weighted by Crippen LogP contribution is -2.52. The second-order valence-corrected chi connectivity index (χ2v) is 12.6. The van der Waals surface area contributed by atoms with Gasteiger partial charge >= 0.3 is 0 Å². The van der Waals surface area contributed by atoms with Gasteiger partial charge in [-0.05, 0) is 80.8 Å². The number of nitrogens with zero attached hydrogens (tertiary/aromatic N) is 2. The monoisotopic (exact) mass is 623 g/mol. The molecule has 3 aromatic rings. The van der Waals surface area contributed by atoms with Crippen molar-refractivity contribution in [2.45, 2.75) is 57.6 Å². The van der Waals surface area contributed by atoms with Crippen molar-refractivity contribution in [1.29, 1.82) is 0 Å². The molecule has 0 saturated heterocycles. The van der Waals surface area contributed by atoms with Crippen LogP contribution in [0.5, 0.6) is 0 Å². The van der Waals surface area contributed by atoms with E-state index in [2.05, 4.69) is 5.32 Å². The van der Waals surface area contributed by atoms with Crippen LogP contribution in [0.4, 0.5) is 5.69 Å². The fourth-order valence-corrected chi connectivity index (χ4v) is 5.90. The molecule has 3 aromatic carbocycles. The van der Waals surface area contributed by atoms with Crippen molar-refractivity contribution in [3.05, 3.63) is 92.9 Å². The maximum absolute atomic E-state index is 14.0. The molecule has 0 aliphatic rings. The summed E-state index contributed by atoms with van der Waals surface area (Å²) < 4.78 is 28.8. The van der Waals surface area contributed by atoms with Gasteiger partial charge in [0.15, 0.2) is 0 Å². The van der Waals surface area contributed by atoms with Gasteiger partial charge in [0.25, 0.3) is 10.0 Å². The number of anilines is 1. The zero-order chi connectivity index (χ0) is 29.6. The number of aryl methyl sites for hydroxylation is 1. The number of carbonyl (C=O) groups excluding carboxylic acids is 2. The highest BCUT2D eigenvalue weighted by molar-refractivity contribution is 7.92. The first-order valence-corrected chi connectivity index (χ1v) is 15.3. The van der Waals surface area contributed by atoms with Gasteiger partial charge in [0, 0.05) is 17.6 Å². The van der Waals surface area contributed by atoms with E-state index in [1.165, 1.54) is 29.2 Å². The molecular formula is C29H32Cl3N3O4S. The first-order valence-electron chi connectivity index (χ1n) is 12.7. The molecule has 214 valence electrons. The fraction of sp³-hybridized carbons (Fsp3) is 0.310. The number of carbonyl (C=O) groups is 2. The molecule has 0 fully saturated rings. The SMILES string of the molecule is CC[C@H](C)NC(=O)[C@H](C)N(Cc1ccc(Cl)c(Cl)c1)C(=O)CN(c1ccccc1C)S(=O)(=O)c1ccc(Cl)cc1. The number of hydrogen-bond acceptors (Lipinski definition) is 4. The molecule has 0 bridgehead atoms. The third kappa shape index (κ3) is 7.69. The van der Waals surface area contributed by atoms with E-state index in [9.17, 15) is 18.0 Å². The summed E-state index contributed by atoms with van der Waals surface area (Å²) >= 11 is 18.3. The predicted octanol–water partition coefficient (Wildman–Crippen LogP) is 6.48. The molecule has 0 saturated carbocycles. The van der Waals surface area contributed by atoms with E-state index in [0.29, 0.717) is 38.3 Å². The van der Waals surface area contributed by atoms with Crippen LogP contribution in [0.1, 0.15) is 38.3 Å². The first kappa shape index (κ1) is 31.7. The zero-order valence-electron chi connectivity index (χ0n) is 22.7. The average Bonchev–Trinajstić information content (AvgIpc) is 2.92. The standard InChI is InChI=1S/C29H32Cl3N3O4S/c1-5-20(3)33-29(37)21(4)34(17-22-10-15-25(31)26(32)16-22)28(36)18-35(27-9-7-6-8-19(27)2)40(38,39)24-13-11-23(30)12-14-24/h6-16,20-21H,5,17-18H2,1-4H3,(H,33,37)/t20-,21-/m0/s1. The summed E-state index contributed by atoms with van der Waals surface area (Å²) in [4.78, 5) is 28.4. The predicted molar refractivity (Wildman–Crippen MR) is 162 cm³/mol. The average molecular weight is 625 g/mol. The van der Waals surface area contributed by atoms with Crippen molar-refractivity contribution in [2.75, 3.05) is 10.8 Å². The van der Waals surface area contributed by atoms with E-state index < -0.39 is 28.5 Å². The van der Waals surface area contributed by atoms with E-state index in [1.54, 1.807) is 56.3 Å². The summed E-state index contributed by atoms with van der Waals surface area (Å²) in [6.07, 6.45) is 0.708. The van der Waals surface area contributed by atoms with Gasteiger partial charge in [-0.25, -0.2) is 8.42 Å². The molecule has 0 aliphatic carbocycles. The Bertz CT molecular complexity index is 1470. The van der Waals surface area contributed by atoms with Gasteiger partial charge in [-0.15, -0.1) is 0 Å². The highest BCUT2D eigenvalue weighted by Crippen LogP contribution is 2.28. The van der Waals surface area contributed by atoms with Crippen molar-refractivity contribution in [3.8, 4) is 0 Å².